The summed E-state index contributed by atoms with van der Waals surface area (Å²) in [4.78, 5) is 14.2. The maximum absolute atomic E-state index is 18.7. The molecule has 4 atom stereocenters. The number of hydrogen-bond donors (Lipinski definition) is 0. The van der Waals surface area contributed by atoms with Crippen LogP contribution < -0.4 is 0 Å². The van der Waals surface area contributed by atoms with Gasteiger partial charge in [0.15, 0.2) is 31.9 Å². The van der Waals surface area contributed by atoms with E-state index in [1.807, 2.05) is 18.2 Å². The molecular weight excluding hydrogens is 891 g/mol. The Kier molecular flexibility index (Phi) is 14.9. The molecule has 0 spiro atoms. The Bertz CT molecular complexity index is 1380. The van der Waals surface area contributed by atoms with Crippen LogP contribution in [0.5, 0.6) is 0 Å². The van der Waals surface area contributed by atoms with Crippen molar-refractivity contribution in [1.29, 1.82) is 0 Å². The van der Waals surface area contributed by atoms with Gasteiger partial charge in [-0.2, -0.15) is 0 Å². The summed E-state index contributed by atoms with van der Waals surface area (Å²) >= 11 is 7.34. The van der Waals surface area contributed by atoms with Crippen LogP contribution in [0.15, 0.2) is 57.5 Å². The molecule has 0 aliphatic rings. The maximum Gasteiger partial charge on any atom is 0.199 e. The smallest absolute Gasteiger partial charge is 0.199 e. The molecule has 0 saturated heterocycles. The van der Waals surface area contributed by atoms with Gasteiger partial charge in [-0.15, -0.1) is 0 Å². The zero-order valence-corrected chi connectivity index (χ0v) is 45.3. The highest BCUT2D eigenvalue weighted by molar-refractivity contribution is 9.11. The van der Waals surface area contributed by atoms with Gasteiger partial charge >= 0.3 is 0 Å². The van der Waals surface area contributed by atoms with Crippen LogP contribution in [0.4, 0.5) is 8.78 Å². The Morgan fingerprint density at radius 1 is 0.560 bits per heavy atom. The molecular formula is C35H66Br2F2O3Si8. The summed E-state index contributed by atoms with van der Waals surface area (Å²) in [6.45, 7) is 37.2. The number of rotatable bonds is 16. The monoisotopic (exact) mass is 954 g/mol. The number of ketones is 1. The lowest BCUT2D eigenvalue weighted by Crippen LogP contribution is -2.86. The summed E-state index contributed by atoms with van der Waals surface area (Å²) in [6.07, 6.45) is -6.79. The molecule has 0 N–H and O–H groups in total. The Morgan fingerprint density at radius 3 is 1.24 bits per heavy atom. The van der Waals surface area contributed by atoms with Gasteiger partial charge in [0.05, 0.1) is 45.5 Å². The molecule has 0 bridgehead atoms. The molecule has 0 fully saturated rings. The Morgan fingerprint density at radius 2 is 0.900 bits per heavy atom. The zero-order chi connectivity index (χ0) is 39.3. The number of carbonyl (C=O) groups excluding carboxylic acids is 1. The average Bonchev–Trinajstić information content (AvgIpc) is 2.88. The number of alkyl halides is 2. The van der Waals surface area contributed by atoms with Gasteiger partial charge in [-0.3, -0.25) is 4.79 Å². The van der Waals surface area contributed by atoms with E-state index in [4.69, 9.17) is 8.85 Å². The van der Waals surface area contributed by atoms with Crippen LogP contribution in [-0.4, -0.2) is 83.5 Å². The van der Waals surface area contributed by atoms with Crippen LogP contribution in [-0.2, 0) is 8.85 Å². The molecule has 0 aliphatic carbocycles. The van der Waals surface area contributed by atoms with Gasteiger partial charge in [0, 0.05) is 14.5 Å². The van der Waals surface area contributed by atoms with E-state index in [1.165, 1.54) is 0 Å². The molecule has 0 amide bonds. The fourth-order valence-corrected chi connectivity index (χ4v) is 200. The van der Waals surface area contributed by atoms with Crippen molar-refractivity contribution in [2.45, 2.75) is 142 Å². The van der Waals surface area contributed by atoms with Crippen molar-refractivity contribution < 1.29 is 22.4 Å². The second-order valence-corrected chi connectivity index (χ2v) is 101. The van der Waals surface area contributed by atoms with Crippen LogP contribution in [0.25, 0.3) is 0 Å². The van der Waals surface area contributed by atoms with E-state index < -0.39 is 89.6 Å². The molecule has 3 nitrogen and oxygen atoms in total. The lowest BCUT2D eigenvalue weighted by Gasteiger charge is -2.59. The van der Waals surface area contributed by atoms with E-state index in [1.54, 1.807) is 30.3 Å². The Hall–Kier alpha value is 0.585. The van der Waals surface area contributed by atoms with Crippen LogP contribution in [0.1, 0.15) is 22.0 Å². The van der Waals surface area contributed by atoms with Gasteiger partial charge in [0.25, 0.3) is 0 Å². The summed E-state index contributed by atoms with van der Waals surface area (Å²) in [6, 6.07) is 14.3. The van der Waals surface area contributed by atoms with Crippen LogP contribution in [0, 0.1) is 0 Å². The zero-order valence-electron chi connectivity index (χ0n) is 34.2. The number of hydrogen-bond acceptors (Lipinski definition) is 3. The van der Waals surface area contributed by atoms with Gasteiger partial charge < -0.3 is 8.85 Å². The molecule has 0 saturated carbocycles. The first-order valence-corrected chi connectivity index (χ1v) is 50.3. The summed E-state index contributed by atoms with van der Waals surface area (Å²) in [5.74, 6) is -0.721. The van der Waals surface area contributed by atoms with Crippen molar-refractivity contribution in [2.75, 3.05) is 0 Å². The quantitative estimate of drug-likeness (QED) is 0.124. The van der Waals surface area contributed by atoms with Crippen molar-refractivity contribution in [1.82, 2.24) is 0 Å². The fraction of sp³-hybridized carbons (Fsp3) is 0.629. The largest absolute Gasteiger partial charge is 0.416 e. The second kappa shape index (κ2) is 16.0. The number of benzene rings is 2. The first-order chi connectivity index (χ1) is 22.2. The molecule has 15 heteroatoms. The minimum atomic E-state index is -2.83. The highest BCUT2D eigenvalue weighted by Crippen LogP contribution is 2.46. The standard InChI is InChI=1S/C35H66Br2F2O3Si8/c1-43(2,3)49(44(4,5)6,45(7,8)9)41-34(28-24-29(36)26-30(37)25-28)32(39)35(31(38)33(40)27-22-20-19-21-23-27)42-50(46(10,11)12,47(13,14)15)48(16,17)18/h19-26,31-32,34-35H,1-18H3/t31-,32+,34+,35+/m1/s1. The third-order valence-electron chi connectivity index (χ3n) is 10.4. The lowest BCUT2D eigenvalue weighted by molar-refractivity contribution is -0.0196. The SMILES string of the molecule is C[Si](C)(C)[Si](O[C@H]([C@@H](F)[C@@H](O[Si]([Si](C)(C)C)([Si](C)(C)C)[Si](C)(C)C)c1cc(Br)cc(Br)c1)[C@H](F)C(=O)c1ccccc1)([Si](C)(C)C)[Si](C)(C)C. The van der Waals surface area contributed by atoms with Gasteiger partial charge in [0.1, 0.15) is 12.2 Å². The van der Waals surface area contributed by atoms with E-state index in [-0.39, 0.29) is 5.56 Å². The second-order valence-electron chi connectivity index (χ2n) is 20.3. The molecule has 0 radical (unpaired) electrons. The van der Waals surface area contributed by atoms with Gasteiger partial charge in [-0.05, 0) is 23.8 Å². The number of halogens is 4. The lowest BCUT2D eigenvalue weighted by atomic mass is 9.95. The normalized spacial score (nSPS) is 16.9. The third-order valence-corrected chi connectivity index (χ3v) is 146. The molecule has 2 aromatic rings. The molecule has 284 valence electrons. The van der Waals surface area contributed by atoms with E-state index in [9.17, 15) is 4.79 Å². The van der Waals surface area contributed by atoms with Crippen LogP contribution in [0.2, 0.25) is 118 Å². The highest BCUT2D eigenvalue weighted by atomic mass is 79.9. The van der Waals surface area contributed by atoms with Crippen molar-refractivity contribution in [3.63, 3.8) is 0 Å². The number of Topliss-reactive ketones (excluding diaryl/α,β-unsaturated/α-hetero) is 1. The van der Waals surface area contributed by atoms with Gasteiger partial charge in [-0.1, -0.05) is 180 Å². The van der Waals surface area contributed by atoms with E-state index in [0.717, 1.165) is 8.95 Å². The summed E-state index contributed by atoms with van der Waals surface area (Å²) < 4.78 is 53.1. The van der Waals surface area contributed by atoms with Crippen molar-refractivity contribution >= 4 is 96.9 Å². The Balaban J connectivity index is 3.15. The first kappa shape index (κ1) is 46.7. The van der Waals surface area contributed by atoms with E-state index in [0.29, 0.717) is 5.56 Å². The molecule has 2 rings (SSSR count). The summed E-state index contributed by atoms with van der Waals surface area (Å²) in [5.41, 5.74) is 0.888. The van der Waals surface area contributed by atoms with Crippen molar-refractivity contribution in [3.05, 3.63) is 68.6 Å². The molecule has 0 aliphatic heterocycles. The highest BCUT2D eigenvalue weighted by Gasteiger charge is 2.68. The predicted octanol–water partition coefficient (Wildman–Crippen LogP) is 12.6. The molecule has 0 aromatic heterocycles. The van der Waals surface area contributed by atoms with Gasteiger partial charge in [-0.25, -0.2) is 8.78 Å². The van der Waals surface area contributed by atoms with E-state index >= 15 is 8.78 Å². The molecule has 2 aromatic carbocycles. The third kappa shape index (κ3) is 9.33. The molecule has 50 heavy (non-hydrogen) atoms. The first-order valence-electron chi connectivity index (χ1n) is 17.9. The van der Waals surface area contributed by atoms with Gasteiger partial charge in [0.2, 0.25) is 0 Å². The van der Waals surface area contributed by atoms with Crippen molar-refractivity contribution in [3.8, 4) is 0 Å². The Labute approximate surface area is 327 Å². The van der Waals surface area contributed by atoms with Crippen molar-refractivity contribution in [2.24, 2.45) is 0 Å². The summed E-state index contributed by atoms with van der Waals surface area (Å²) in [5, 5.41) is 0. The molecule has 0 unspecified atom stereocenters. The number of carbonyl (C=O) groups is 1. The minimum Gasteiger partial charge on any atom is -0.416 e. The summed E-state index contributed by atoms with van der Waals surface area (Å²) in [7, 11) is -12.7. The maximum atomic E-state index is 18.7. The van der Waals surface area contributed by atoms with Crippen LogP contribution >= 0.6 is 31.9 Å². The minimum absolute atomic E-state index is 0.236. The predicted molar refractivity (Wildman–Crippen MR) is 243 cm³/mol. The fourth-order valence-electron chi connectivity index (χ4n) is 10.6. The van der Waals surface area contributed by atoms with E-state index in [2.05, 4.69) is 150 Å². The topological polar surface area (TPSA) is 35.5 Å². The average molecular weight is 957 g/mol. The van der Waals surface area contributed by atoms with Crippen LogP contribution in [0.3, 0.4) is 0 Å². The molecule has 0 heterocycles.